The van der Waals surface area contributed by atoms with Crippen LogP contribution in [0.25, 0.3) is 0 Å². The van der Waals surface area contributed by atoms with Gasteiger partial charge in [0.25, 0.3) is 0 Å². The Morgan fingerprint density at radius 1 is 1.47 bits per heavy atom. The summed E-state index contributed by atoms with van der Waals surface area (Å²) in [5, 5.41) is 0.253. The van der Waals surface area contributed by atoms with Crippen molar-refractivity contribution in [2.45, 2.75) is 65.3 Å². The molecule has 0 bridgehead atoms. The van der Waals surface area contributed by atoms with Gasteiger partial charge in [-0.3, -0.25) is 0 Å². The highest BCUT2D eigenvalue weighted by Crippen LogP contribution is 2.45. The third-order valence-corrected chi connectivity index (χ3v) is 10.3. The predicted molar refractivity (Wildman–Crippen MR) is 91.2 cm³/mol. The number of halogens is 1. The first-order valence-electron chi connectivity index (χ1n) is 7.12. The molecule has 1 aliphatic carbocycles. The molecule has 1 rings (SSSR count). The lowest BCUT2D eigenvalue weighted by Gasteiger charge is -2.44. The Labute approximate surface area is 128 Å². The first-order valence-corrected chi connectivity index (χ1v) is 10.8. The smallest absolute Gasteiger partial charge is 0.192 e. The summed E-state index contributed by atoms with van der Waals surface area (Å²) in [5.41, 5.74) is 0.0755. The zero-order chi connectivity index (χ0) is 15.1. The van der Waals surface area contributed by atoms with Crippen molar-refractivity contribution >= 4 is 24.2 Å². The quantitative estimate of drug-likeness (QED) is 0.458. The maximum Gasteiger partial charge on any atom is 0.192 e. The number of allylic oxidation sites excluding steroid dienone is 2. The van der Waals surface area contributed by atoms with Gasteiger partial charge in [0.2, 0.25) is 0 Å². The zero-order valence-corrected chi connectivity index (χ0v) is 16.1. The van der Waals surface area contributed by atoms with Gasteiger partial charge in [-0.1, -0.05) is 62.7 Å². The van der Waals surface area contributed by atoms with E-state index in [-0.39, 0.29) is 16.6 Å². The molecule has 0 N–H and O–H groups in total. The highest BCUT2D eigenvalue weighted by atomic mass is 79.9. The van der Waals surface area contributed by atoms with Crippen LogP contribution in [0.4, 0.5) is 0 Å². The summed E-state index contributed by atoms with van der Waals surface area (Å²) in [6.07, 6.45) is 5.61. The van der Waals surface area contributed by atoms with Gasteiger partial charge in [-0.15, -0.1) is 6.58 Å². The molecule has 19 heavy (non-hydrogen) atoms. The lowest BCUT2D eigenvalue weighted by molar-refractivity contribution is 0.152. The molecular formula is C16H29BrOSi. The average Bonchev–Trinajstić information content (AvgIpc) is 2.24. The SMILES string of the molecule is C=C[C@@]1(C)C=C(Br)[C@@H](O[Si](C)(C)C(C)(C)C)C[C@@H]1C. The highest BCUT2D eigenvalue weighted by molar-refractivity contribution is 9.11. The van der Waals surface area contributed by atoms with Crippen LogP contribution < -0.4 is 0 Å². The Morgan fingerprint density at radius 2 is 2.00 bits per heavy atom. The summed E-state index contributed by atoms with van der Waals surface area (Å²) in [6.45, 7) is 20.0. The molecule has 0 amide bonds. The fourth-order valence-corrected chi connectivity index (χ4v) is 4.35. The summed E-state index contributed by atoms with van der Waals surface area (Å²) < 4.78 is 7.75. The molecule has 0 aliphatic heterocycles. The maximum atomic E-state index is 6.55. The van der Waals surface area contributed by atoms with E-state index in [1.165, 1.54) is 4.48 Å². The molecule has 1 aliphatic rings. The summed E-state index contributed by atoms with van der Waals surface area (Å²) in [4.78, 5) is 0. The van der Waals surface area contributed by atoms with Crippen LogP contribution >= 0.6 is 15.9 Å². The molecule has 0 saturated heterocycles. The minimum Gasteiger partial charge on any atom is -0.409 e. The highest BCUT2D eigenvalue weighted by Gasteiger charge is 2.42. The molecule has 0 aromatic rings. The molecule has 0 radical (unpaired) electrons. The maximum absolute atomic E-state index is 6.55. The van der Waals surface area contributed by atoms with E-state index in [0.29, 0.717) is 5.92 Å². The molecule has 0 aromatic heterocycles. The van der Waals surface area contributed by atoms with E-state index in [1.807, 2.05) is 0 Å². The first kappa shape index (κ1) is 17.2. The van der Waals surface area contributed by atoms with Crippen LogP contribution in [-0.2, 0) is 4.43 Å². The zero-order valence-electron chi connectivity index (χ0n) is 13.5. The van der Waals surface area contributed by atoms with Gasteiger partial charge in [0.05, 0.1) is 6.10 Å². The second-order valence-corrected chi connectivity index (χ2v) is 13.3. The second-order valence-electron chi connectivity index (χ2n) is 7.60. The van der Waals surface area contributed by atoms with E-state index in [9.17, 15) is 0 Å². The van der Waals surface area contributed by atoms with Crippen molar-refractivity contribution < 1.29 is 4.43 Å². The molecule has 0 fully saturated rings. The summed E-state index contributed by atoms with van der Waals surface area (Å²) in [6, 6.07) is 0. The van der Waals surface area contributed by atoms with E-state index >= 15 is 0 Å². The van der Waals surface area contributed by atoms with Gasteiger partial charge in [-0.25, -0.2) is 0 Å². The fraction of sp³-hybridized carbons (Fsp3) is 0.750. The molecule has 3 atom stereocenters. The van der Waals surface area contributed by atoms with Gasteiger partial charge in [-0.2, -0.15) is 0 Å². The van der Waals surface area contributed by atoms with Crippen LogP contribution in [0.5, 0.6) is 0 Å². The minimum atomic E-state index is -1.72. The van der Waals surface area contributed by atoms with Gasteiger partial charge in [0, 0.05) is 9.90 Å². The summed E-state index contributed by atoms with van der Waals surface area (Å²) >= 11 is 3.73. The number of hydrogen-bond acceptors (Lipinski definition) is 1. The molecular weight excluding hydrogens is 316 g/mol. The van der Waals surface area contributed by atoms with Crippen LogP contribution in [-0.4, -0.2) is 14.4 Å². The molecule has 1 nitrogen and oxygen atoms in total. The monoisotopic (exact) mass is 344 g/mol. The molecule has 0 spiro atoms. The van der Waals surface area contributed by atoms with Crippen LogP contribution in [0.2, 0.25) is 18.1 Å². The van der Waals surface area contributed by atoms with Crippen molar-refractivity contribution in [2.24, 2.45) is 11.3 Å². The van der Waals surface area contributed by atoms with Crippen molar-refractivity contribution in [3.8, 4) is 0 Å². The molecule has 0 unspecified atom stereocenters. The first-order chi connectivity index (χ1) is 8.43. The third kappa shape index (κ3) is 3.62. The third-order valence-electron chi connectivity index (χ3n) is 5.07. The minimum absolute atomic E-state index is 0.0755. The largest absolute Gasteiger partial charge is 0.409 e. The summed E-state index contributed by atoms with van der Waals surface area (Å²) in [5.74, 6) is 0.557. The average molecular weight is 345 g/mol. The van der Waals surface area contributed by atoms with Gasteiger partial charge < -0.3 is 4.43 Å². The Kier molecular flexibility index (Phi) is 4.97. The van der Waals surface area contributed by atoms with Crippen molar-refractivity contribution in [3.63, 3.8) is 0 Å². The fourth-order valence-electron chi connectivity index (χ4n) is 2.12. The van der Waals surface area contributed by atoms with Crippen molar-refractivity contribution in [1.29, 1.82) is 0 Å². The molecule has 3 heteroatoms. The number of rotatable bonds is 3. The molecule has 0 aromatic carbocycles. The van der Waals surface area contributed by atoms with Gasteiger partial charge in [0.15, 0.2) is 8.32 Å². The van der Waals surface area contributed by atoms with E-state index in [2.05, 4.69) is 82.4 Å². The van der Waals surface area contributed by atoms with Crippen molar-refractivity contribution in [2.75, 3.05) is 0 Å². The van der Waals surface area contributed by atoms with Crippen LogP contribution in [0, 0.1) is 11.3 Å². The molecule has 0 saturated carbocycles. The van der Waals surface area contributed by atoms with Crippen LogP contribution in [0.3, 0.4) is 0 Å². The lowest BCUT2D eigenvalue weighted by Crippen LogP contribution is -2.46. The Bertz CT molecular complexity index is 381. The normalized spacial score (nSPS) is 32.9. The Balaban J connectivity index is 2.95. The summed E-state index contributed by atoms with van der Waals surface area (Å²) in [7, 11) is -1.72. The van der Waals surface area contributed by atoms with Crippen LogP contribution in [0.15, 0.2) is 23.2 Å². The van der Waals surface area contributed by atoms with Gasteiger partial charge in [-0.05, 0) is 30.5 Å². The number of hydrogen-bond donors (Lipinski definition) is 0. The van der Waals surface area contributed by atoms with Crippen molar-refractivity contribution in [1.82, 2.24) is 0 Å². The van der Waals surface area contributed by atoms with Crippen molar-refractivity contribution in [3.05, 3.63) is 23.2 Å². The molecule has 110 valence electrons. The van der Waals surface area contributed by atoms with Gasteiger partial charge in [0.1, 0.15) is 0 Å². The lowest BCUT2D eigenvalue weighted by atomic mass is 9.72. The van der Waals surface area contributed by atoms with E-state index in [0.717, 1.165) is 6.42 Å². The second kappa shape index (κ2) is 5.49. The predicted octanol–water partition coefficient (Wildman–Crippen LogP) is 5.89. The van der Waals surface area contributed by atoms with E-state index in [4.69, 9.17) is 4.43 Å². The Morgan fingerprint density at radius 3 is 2.42 bits per heavy atom. The van der Waals surface area contributed by atoms with Gasteiger partial charge >= 0.3 is 0 Å². The standard InChI is InChI=1S/C16H29BrOSi/c1-9-16(6)11-13(17)14(10-12(16)2)18-19(7,8)15(3,4)5/h9,11-12,14H,1,10H2,2-8H3/t12-,14-,16-/m0/s1. The van der Waals surface area contributed by atoms with E-state index in [1.54, 1.807) is 0 Å². The van der Waals surface area contributed by atoms with E-state index < -0.39 is 8.32 Å². The Hall–Kier alpha value is 0.137. The topological polar surface area (TPSA) is 9.23 Å². The molecule has 0 heterocycles. The van der Waals surface area contributed by atoms with Crippen LogP contribution in [0.1, 0.15) is 41.0 Å².